The van der Waals surface area contributed by atoms with E-state index < -0.39 is 0 Å². The van der Waals surface area contributed by atoms with Crippen molar-refractivity contribution in [1.82, 2.24) is 19.4 Å². The highest BCUT2D eigenvalue weighted by Gasteiger charge is 2.19. The number of fused-ring (bicyclic) bond motifs is 3. The van der Waals surface area contributed by atoms with Gasteiger partial charge in [-0.25, -0.2) is 9.97 Å². The van der Waals surface area contributed by atoms with Crippen LogP contribution in [0, 0.1) is 13.8 Å². The average molecular weight is 373 g/mol. The Morgan fingerprint density at radius 3 is 2.48 bits per heavy atom. The quantitative estimate of drug-likeness (QED) is 0.503. The number of nitrogens with zero attached hydrogens (tertiary/aromatic N) is 4. The number of hydrogen-bond acceptors (Lipinski definition) is 4. The minimum atomic E-state index is 0.460. The fourth-order valence-corrected chi connectivity index (χ4v) is 3.42. The van der Waals surface area contributed by atoms with Crippen LogP contribution in [-0.2, 0) is 0 Å². The highest BCUT2D eigenvalue weighted by atomic mass is 35.5. The number of imidazole rings is 1. The second-order valence-corrected chi connectivity index (χ2v) is 6.48. The first kappa shape index (κ1) is 16.1. The summed E-state index contributed by atoms with van der Waals surface area (Å²) in [6, 6.07) is 9.17. The summed E-state index contributed by atoms with van der Waals surface area (Å²) in [5, 5.41) is 0.941. The minimum Gasteiger partial charge on any atom is -0.481 e. The summed E-state index contributed by atoms with van der Waals surface area (Å²) in [5.41, 5.74) is 4.78. The van der Waals surface area contributed by atoms with Gasteiger partial charge in [0.1, 0.15) is 11.3 Å². The fraction of sp³-hybridized carbons (Fsp3) is 0.167. The van der Waals surface area contributed by atoms with E-state index in [1.165, 1.54) is 0 Å². The van der Waals surface area contributed by atoms with Gasteiger partial charge in [0.2, 0.25) is 5.88 Å². The number of pyridine rings is 1. The SMILES string of the molecule is COc1ccc2nc(C)c3c(C)nc(-c4cccc(Cl)c4Cl)n3c2n1. The summed E-state index contributed by atoms with van der Waals surface area (Å²) in [6.07, 6.45) is 0. The number of methoxy groups -OCH3 is 1. The maximum Gasteiger partial charge on any atom is 0.215 e. The van der Waals surface area contributed by atoms with E-state index in [2.05, 4.69) is 9.97 Å². The molecule has 0 atom stereocenters. The van der Waals surface area contributed by atoms with Crippen LogP contribution in [0.2, 0.25) is 10.0 Å². The molecule has 0 aliphatic carbocycles. The van der Waals surface area contributed by atoms with E-state index >= 15 is 0 Å². The predicted octanol–water partition coefficient (Wildman–Crippen LogP) is 4.88. The Hall–Kier alpha value is -2.37. The van der Waals surface area contributed by atoms with Gasteiger partial charge in [-0.3, -0.25) is 4.40 Å². The van der Waals surface area contributed by atoms with Crippen LogP contribution in [0.1, 0.15) is 11.4 Å². The molecule has 0 radical (unpaired) electrons. The summed E-state index contributed by atoms with van der Waals surface area (Å²) in [6.45, 7) is 3.90. The second-order valence-electron chi connectivity index (χ2n) is 5.70. The molecule has 0 spiro atoms. The first-order valence-electron chi connectivity index (χ1n) is 7.66. The number of aryl methyl sites for hydroxylation is 2. The molecule has 0 aliphatic rings. The number of hydrogen-bond donors (Lipinski definition) is 0. The minimum absolute atomic E-state index is 0.460. The van der Waals surface area contributed by atoms with Crippen LogP contribution in [0.25, 0.3) is 28.1 Å². The van der Waals surface area contributed by atoms with E-state index in [1.807, 2.05) is 36.4 Å². The van der Waals surface area contributed by atoms with Crippen molar-refractivity contribution in [2.24, 2.45) is 0 Å². The van der Waals surface area contributed by atoms with Crippen LogP contribution in [0.4, 0.5) is 0 Å². The van der Waals surface area contributed by atoms with Crippen LogP contribution in [0.5, 0.6) is 5.88 Å². The van der Waals surface area contributed by atoms with Crippen LogP contribution in [-0.4, -0.2) is 26.5 Å². The Kier molecular flexibility index (Phi) is 3.78. The summed E-state index contributed by atoms with van der Waals surface area (Å²) < 4.78 is 7.24. The maximum atomic E-state index is 6.44. The molecule has 1 aromatic carbocycles. The third-order valence-corrected chi connectivity index (χ3v) is 4.94. The Labute approximate surface area is 154 Å². The van der Waals surface area contributed by atoms with Crippen LogP contribution < -0.4 is 4.74 Å². The third-order valence-electron chi connectivity index (χ3n) is 4.12. The molecule has 0 N–H and O–H groups in total. The maximum absolute atomic E-state index is 6.44. The molecule has 7 heteroatoms. The lowest BCUT2D eigenvalue weighted by Crippen LogP contribution is -2.01. The standard InChI is InChI=1S/C18H14Cl2N4O/c1-9-16-10(2)22-17(11-5-4-6-12(19)15(11)20)24(16)18-13(21-9)7-8-14(23-18)25-3/h4-8H,1-3H3. The molecule has 0 saturated carbocycles. The summed E-state index contributed by atoms with van der Waals surface area (Å²) in [4.78, 5) is 14.0. The highest BCUT2D eigenvalue weighted by Crippen LogP contribution is 2.35. The molecular formula is C18H14Cl2N4O. The van der Waals surface area contributed by atoms with E-state index in [9.17, 15) is 0 Å². The molecule has 0 saturated heterocycles. The monoisotopic (exact) mass is 372 g/mol. The van der Waals surface area contributed by atoms with Gasteiger partial charge in [-0.05, 0) is 32.0 Å². The summed E-state index contributed by atoms with van der Waals surface area (Å²) in [5.74, 6) is 1.19. The van der Waals surface area contributed by atoms with Crippen molar-refractivity contribution in [2.45, 2.75) is 13.8 Å². The van der Waals surface area contributed by atoms with Crippen LogP contribution >= 0.6 is 23.2 Å². The number of aromatic nitrogens is 4. The van der Waals surface area contributed by atoms with E-state index in [1.54, 1.807) is 19.2 Å². The lowest BCUT2D eigenvalue weighted by Gasteiger charge is -2.10. The van der Waals surface area contributed by atoms with E-state index in [-0.39, 0.29) is 0 Å². The van der Waals surface area contributed by atoms with Gasteiger partial charge >= 0.3 is 0 Å². The molecule has 0 amide bonds. The molecule has 0 aliphatic heterocycles. The molecular weight excluding hydrogens is 359 g/mol. The molecule has 0 unspecified atom stereocenters. The largest absolute Gasteiger partial charge is 0.481 e. The Bertz CT molecular complexity index is 1140. The third kappa shape index (κ3) is 2.42. The normalized spacial score (nSPS) is 11.4. The predicted molar refractivity (Wildman–Crippen MR) is 99.8 cm³/mol. The van der Waals surface area contributed by atoms with Crippen molar-refractivity contribution in [1.29, 1.82) is 0 Å². The molecule has 3 aromatic heterocycles. The zero-order valence-corrected chi connectivity index (χ0v) is 15.4. The van der Waals surface area contributed by atoms with Gasteiger partial charge in [-0.2, -0.15) is 4.98 Å². The Balaban J connectivity index is 2.20. The van der Waals surface area contributed by atoms with Gasteiger partial charge in [0.15, 0.2) is 5.65 Å². The smallest absolute Gasteiger partial charge is 0.215 e. The van der Waals surface area contributed by atoms with Gasteiger partial charge in [-0.1, -0.05) is 29.3 Å². The van der Waals surface area contributed by atoms with Crippen molar-refractivity contribution in [3.05, 3.63) is 51.8 Å². The highest BCUT2D eigenvalue weighted by molar-refractivity contribution is 6.43. The molecule has 0 fully saturated rings. The Morgan fingerprint density at radius 2 is 1.72 bits per heavy atom. The number of ether oxygens (including phenoxy) is 1. The van der Waals surface area contributed by atoms with Gasteiger partial charge in [-0.15, -0.1) is 0 Å². The van der Waals surface area contributed by atoms with Gasteiger partial charge in [0.25, 0.3) is 0 Å². The molecule has 0 bridgehead atoms. The van der Waals surface area contributed by atoms with Gasteiger partial charge in [0, 0.05) is 11.6 Å². The summed E-state index contributed by atoms with van der Waals surface area (Å²) >= 11 is 12.6. The molecule has 5 nitrogen and oxygen atoms in total. The van der Waals surface area contributed by atoms with Crippen molar-refractivity contribution in [3.8, 4) is 17.3 Å². The van der Waals surface area contributed by atoms with Crippen molar-refractivity contribution >= 4 is 39.9 Å². The van der Waals surface area contributed by atoms with Crippen LogP contribution in [0.15, 0.2) is 30.3 Å². The zero-order valence-electron chi connectivity index (χ0n) is 13.8. The molecule has 126 valence electrons. The van der Waals surface area contributed by atoms with Crippen LogP contribution in [0.3, 0.4) is 0 Å². The number of rotatable bonds is 2. The first-order valence-corrected chi connectivity index (χ1v) is 8.41. The van der Waals surface area contributed by atoms with Gasteiger partial charge in [0.05, 0.1) is 34.1 Å². The molecule has 4 aromatic rings. The zero-order chi connectivity index (χ0) is 17.7. The van der Waals surface area contributed by atoms with Crippen molar-refractivity contribution in [3.63, 3.8) is 0 Å². The number of halogens is 2. The average Bonchev–Trinajstić information content (AvgIpc) is 2.95. The van der Waals surface area contributed by atoms with E-state index in [0.717, 1.165) is 28.0 Å². The lowest BCUT2D eigenvalue weighted by molar-refractivity contribution is 0.399. The first-order chi connectivity index (χ1) is 12.0. The second kappa shape index (κ2) is 5.86. The number of benzene rings is 1. The van der Waals surface area contributed by atoms with Crippen molar-refractivity contribution < 1.29 is 4.74 Å². The topological polar surface area (TPSA) is 52.3 Å². The van der Waals surface area contributed by atoms with E-state index in [0.29, 0.717) is 27.4 Å². The van der Waals surface area contributed by atoms with Gasteiger partial charge < -0.3 is 4.74 Å². The summed E-state index contributed by atoms with van der Waals surface area (Å²) in [7, 11) is 1.58. The molecule has 3 heterocycles. The fourth-order valence-electron chi connectivity index (χ4n) is 3.04. The van der Waals surface area contributed by atoms with E-state index in [4.69, 9.17) is 32.9 Å². The van der Waals surface area contributed by atoms with Crippen molar-refractivity contribution in [2.75, 3.05) is 7.11 Å². The lowest BCUT2D eigenvalue weighted by atomic mass is 10.2. The Morgan fingerprint density at radius 1 is 0.960 bits per heavy atom. The molecule has 25 heavy (non-hydrogen) atoms. The molecule has 4 rings (SSSR count).